The van der Waals surface area contributed by atoms with Crippen LogP contribution in [0.1, 0.15) is 27.0 Å². The minimum Gasteiger partial charge on any atom is -0.348 e. The quantitative estimate of drug-likeness (QED) is 0.838. The summed E-state index contributed by atoms with van der Waals surface area (Å²) in [4.78, 5) is 12.1. The molecule has 0 spiro atoms. The number of hydrogen-bond donors (Lipinski definition) is 1. The van der Waals surface area contributed by atoms with Crippen molar-refractivity contribution in [2.75, 3.05) is 0 Å². The third-order valence-electron chi connectivity index (χ3n) is 2.97. The molecule has 2 aromatic rings. The molecule has 20 heavy (non-hydrogen) atoms. The Bertz CT molecular complexity index is 626. The molecule has 0 heterocycles. The van der Waals surface area contributed by atoms with Crippen LogP contribution in [0.3, 0.4) is 0 Å². The zero-order valence-corrected chi connectivity index (χ0v) is 12.6. The first kappa shape index (κ1) is 14.9. The minimum absolute atomic E-state index is 0.175. The molecule has 0 aliphatic carbocycles. The Morgan fingerprint density at radius 2 is 1.90 bits per heavy atom. The summed E-state index contributed by atoms with van der Waals surface area (Å²) in [5.74, 6) is 0.289. The van der Waals surface area contributed by atoms with E-state index in [4.69, 9.17) is 23.2 Å². The van der Waals surface area contributed by atoms with Gasteiger partial charge in [-0.1, -0.05) is 41.9 Å². The highest BCUT2D eigenvalue weighted by molar-refractivity contribution is 6.33. The zero-order valence-electron chi connectivity index (χ0n) is 11.1. The third kappa shape index (κ3) is 3.75. The summed E-state index contributed by atoms with van der Waals surface area (Å²) in [6, 6.07) is 13.2. The largest absolute Gasteiger partial charge is 0.348 e. The van der Waals surface area contributed by atoms with Gasteiger partial charge in [-0.3, -0.25) is 4.79 Å². The van der Waals surface area contributed by atoms with Gasteiger partial charge in [0.15, 0.2) is 0 Å². The Morgan fingerprint density at radius 1 is 1.15 bits per heavy atom. The van der Waals surface area contributed by atoms with Crippen molar-refractivity contribution in [2.45, 2.75) is 19.3 Å². The Balaban J connectivity index is 2.04. The first-order valence-electron chi connectivity index (χ1n) is 6.28. The number of benzene rings is 2. The van der Waals surface area contributed by atoms with Crippen molar-refractivity contribution in [3.63, 3.8) is 0 Å². The van der Waals surface area contributed by atoms with Crippen LogP contribution in [0.4, 0.5) is 0 Å². The van der Waals surface area contributed by atoms with Gasteiger partial charge >= 0.3 is 0 Å². The number of halogens is 2. The number of hydrogen-bond acceptors (Lipinski definition) is 1. The molecule has 0 bridgehead atoms. The molecule has 1 N–H and O–H groups in total. The number of carbonyl (C=O) groups is 1. The molecule has 0 atom stereocenters. The van der Waals surface area contributed by atoms with Gasteiger partial charge in [0, 0.05) is 12.4 Å². The summed E-state index contributed by atoms with van der Waals surface area (Å²) in [6.45, 7) is 2.39. The molecule has 4 heteroatoms. The van der Waals surface area contributed by atoms with Gasteiger partial charge in [0.2, 0.25) is 0 Å². The van der Waals surface area contributed by atoms with Crippen molar-refractivity contribution >= 4 is 29.1 Å². The fourth-order valence-electron chi connectivity index (χ4n) is 1.90. The molecule has 0 unspecified atom stereocenters. The van der Waals surface area contributed by atoms with E-state index in [0.717, 1.165) is 16.7 Å². The smallest absolute Gasteiger partial charge is 0.253 e. The average molecular weight is 308 g/mol. The van der Waals surface area contributed by atoms with Crippen molar-refractivity contribution in [2.24, 2.45) is 0 Å². The summed E-state index contributed by atoms with van der Waals surface area (Å²) in [5.41, 5.74) is 3.57. The van der Waals surface area contributed by atoms with Gasteiger partial charge < -0.3 is 5.32 Å². The number of alkyl halides is 1. The van der Waals surface area contributed by atoms with Crippen molar-refractivity contribution in [1.82, 2.24) is 5.32 Å². The summed E-state index contributed by atoms with van der Waals surface area (Å²) in [5, 5.41) is 3.33. The number of aryl methyl sites for hydroxylation is 1. The zero-order chi connectivity index (χ0) is 14.5. The summed E-state index contributed by atoms with van der Waals surface area (Å²) in [7, 11) is 0. The first-order valence-corrected chi connectivity index (χ1v) is 7.19. The van der Waals surface area contributed by atoms with E-state index in [1.54, 1.807) is 12.1 Å². The van der Waals surface area contributed by atoms with E-state index < -0.39 is 0 Å². The van der Waals surface area contributed by atoms with Gasteiger partial charge in [-0.05, 0) is 35.7 Å². The van der Waals surface area contributed by atoms with Gasteiger partial charge in [0.05, 0.1) is 10.6 Å². The molecule has 0 saturated carbocycles. The second-order valence-electron chi connectivity index (χ2n) is 4.62. The molecule has 0 aliphatic rings. The van der Waals surface area contributed by atoms with Gasteiger partial charge in [-0.25, -0.2) is 0 Å². The standard InChI is InChI=1S/C16H15Cl2NO/c1-11-5-6-14(15(18)7-11)16(20)19-10-13-4-2-3-12(8-13)9-17/h2-8H,9-10H2,1H3,(H,19,20). The molecule has 0 fully saturated rings. The number of nitrogens with one attached hydrogen (secondary N) is 1. The van der Waals surface area contributed by atoms with Gasteiger partial charge in [0.1, 0.15) is 0 Å². The van der Waals surface area contributed by atoms with Crippen molar-refractivity contribution in [1.29, 1.82) is 0 Å². The normalized spacial score (nSPS) is 10.3. The lowest BCUT2D eigenvalue weighted by Crippen LogP contribution is -2.23. The maximum atomic E-state index is 12.1. The molecule has 0 radical (unpaired) electrons. The lowest BCUT2D eigenvalue weighted by molar-refractivity contribution is 0.0951. The van der Waals surface area contributed by atoms with E-state index >= 15 is 0 Å². The molecular formula is C16H15Cl2NO. The molecule has 1 amide bonds. The van der Waals surface area contributed by atoms with E-state index in [9.17, 15) is 4.79 Å². The van der Waals surface area contributed by atoms with Crippen LogP contribution in [0.2, 0.25) is 5.02 Å². The van der Waals surface area contributed by atoms with Crippen LogP contribution in [0.15, 0.2) is 42.5 Å². The molecule has 2 rings (SSSR count). The topological polar surface area (TPSA) is 29.1 Å². The average Bonchev–Trinajstić information content (AvgIpc) is 2.45. The van der Waals surface area contributed by atoms with E-state index in [1.807, 2.05) is 37.3 Å². The fourth-order valence-corrected chi connectivity index (χ4v) is 2.39. The third-order valence-corrected chi connectivity index (χ3v) is 3.59. The lowest BCUT2D eigenvalue weighted by Gasteiger charge is -2.08. The lowest BCUT2D eigenvalue weighted by atomic mass is 10.1. The van der Waals surface area contributed by atoms with Crippen LogP contribution in [0.5, 0.6) is 0 Å². The van der Waals surface area contributed by atoms with Gasteiger partial charge in [-0.2, -0.15) is 0 Å². The SMILES string of the molecule is Cc1ccc(C(=O)NCc2cccc(CCl)c2)c(Cl)c1. The molecule has 2 nitrogen and oxygen atoms in total. The van der Waals surface area contributed by atoms with E-state index in [0.29, 0.717) is 23.0 Å². The molecule has 0 aromatic heterocycles. The van der Waals surface area contributed by atoms with E-state index in [-0.39, 0.29) is 5.91 Å². The van der Waals surface area contributed by atoms with Crippen LogP contribution >= 0.6 is 23.2 Å². The Labute approximate surface area is 128 Å². The maximum Gasteiger partial charge on any atom is 0.253 e. The predicted octanol–water partition coefficient (Wildman–Crippen LogP) is 4.32. The van der Waals surface area contributed by atoms with Gasteiger partial charge in [0.25, 0.3) is 5.91 Å². The highest BCUT2D eigenvalue weighted by Gasteiger charge is 2.09. The highest BCUT2D eigenvalue weighted by Crippen LogP contribution is 2.17. The van der Waals surface area contributed by atoms with E-state index in [2.05, 4.69) is 5.32 Å². The number of carbonyl (C=O) groups excluding carboxylic acids is 1. The summed E-state index contributed by atoms with van der Waals surface area (Å²) in [6.07, 6.45) is 0. The number of rotatable bonds is 4. The minimum atomic E-state index is -0.175. The van der Waals surface area contributed by atoms with Crippen LogP contribution < -0.4 is 5.32 Å². The fraction of sp³-hybridized carbons (Fsp3) is 0.188. The maximum absolute atomic E-state index is 12.1. The predicted molar refractivity (Wildman–Crippen MR) is 83.4 cm³/mol. The van der Waals surface area contributed by atoms with Gasteiger partial charge in [-0.15, -0.1) is 11.6 Å². The second-order valence-corrected chi connectivity index (χ2v) is 5.29. The highest BCUT2D eigenvalue weighted by atomic mass is 35.5. The Hall–Kier alpha value is -1.51. The number of amides is 1. The molecule has 104 valence electrons. The van der Waals surface area contributed by atoms with Crippen LogP contribution in [0, 0.1) is 6.92 Å². The van der Waals surface area contributed by atoms with Crippen molar-refractivity contribution < 1.29 is 4.79 Å². The Kier molecular flexibility index (Phi) is 5.05. The van der Waals surface area contributed by atoms with Crippen LogP contribution in [-0.2, 0) is 12.4 Å². The van der Waals surface area contributed by atoms with E-state index in [1.165, 1.54) is 0 Å². The Morgan fingerprint density at radius 3 is 2.60 bits per heavy atom. The molecule has 0 saturated heterocycles. The molecule has 2 aromatic carbocycles. The van der Waals surface area contributed by atoms with Crippen LogP contribution in [-0.4, -0.2) is 5.91 Å². The van der Waals surface area contributed by atoms with Crippen molar-refractivity contribution in [3.05, 3.63) is 69.7 Å². The molecule has 0 aliphatic heterocycles. The summed E-state index contributed by atoms with van der Waals surface area (Å²) >= 11 is 11.9. The van der Waals surface area contributed by atoms with Crippen LogP contribution in [0.25, 0.3) is 0 Å². The first-order chi connectivity index (χ1) is 9.60. The molecular weight excluding hydrogens is 293 g/mol. The summed E-state index contributed by atoms with van der Waals surface area (Å²) < 4.78 is 0. The monoisotopic (exact) mass is 307 g/mol. The van der Waals surface area contributed by atoms with Crippen molar-refractivity contribution in [3.8, 4) is 0 Å². The second kappa shape index (κ2) is 6.78.